The van der Waals surface area contributed by atoms with Gasteiger partial charge in [0.15, 0.2) is 5.78 Å². The van der Waals surface area contributed by atoms with Gasteiger partial charge in [0.25, 0.3) is 5.56 Å². The van der Waals surface area contributed by atoms with Crippen LogP contribution in [0.25, 0.3) is 12.2 Å². The zero-order chi connectivity index (χ0) is 17.4. The van der Waals surface area contributed by atoms with Crippen LogP contribution in [0.1, 0.15) is 43.0 Å². The van der Waals surface area contributed by atoms with Gasteiger partial charge in [-0.2, -0.15) is 0 Å². The molecule has 3 nitrogen and oxygen atoms in total. The van der Waals surface area contributed by atoms with E-state index in [9.17, 15) is 9.59 Å². The summed E-state index contributed by atoms with van der Waals surface area (Å²) in [6, 6.07) is 4.22. The lowest BCUT2D eigenvalue weighted by Crippen LogP contribution is -2.22. The Morgan fingerprint density at radius 2 is 1.70 bits per heavy atom. The summed E-state index contributed by atoms with van der Waals surface area (Å²) in [4.78, 5) is 27.0. The van der Waals surface area contributed by atoms with Gasteiger partial charge in [0, 0.05) is 11.5 Å². The third-order valence-corrected chi connectivity index (χ3v) is 4.66. The number of hydrogen-bond acceptors (Lipinski definition) is 3. The van der Waals surface area contributed by atoms with E-state index < -0.39 is 5.41 Å². The van der Waals surface area contributed by atoms with Crippen LogP contribution in [0.15, 0.2) is 16.9 Å². The van der Waals surface area contributed by atoms with Crippen molar-refractivity contribution < 1.29 is 4.79 Å². The van der Waals surface area contributed by atoms with Gasteiger partial charge in [0.2, 0.25) is 0 Å². The number of nitrogens with one attached hydrogen (secondary N) is 1. The second kappa shape index (κ2) is 6.28. The highest BCUT2D eigenvalue weighted by Crippen LogP contribution is 2.17. The molecule has 0 amide bonds. The molecule has 2 aromatic rings. The monoisotopic (exact) mass is 329 g/mol. The molecule has 1 heterocycles. The molecule has 1 aromatic carbocycles. The summed E-state index contributed by atoms with van der Waals surface area (Å²) in [6.45, 7) is 11.7. The molecule has 0 saturated carbocycles. The van der Waals surface area contributed by atoms with E-state index in [-0.39, 0.29) is 11.3 Å². The molecule has 2 rings (SSSR count). The summed E-state index contributed by atoms with van der Waals surface area (Å²) >= 11 is 1.32. The lowest BCUT2D eigenvalue weighted by molar-refractivity contribution is -0.119. The molecule has 0 fully saturated rings. The minimum Gasteiger partial charge on any atom is -0.313 e. The standard InChI is InChI=1S/C19H23NO2S/c1-11-7-12(2)14(13(3)8-11)9-15-18(22)20-17(23-15)10-16(21)19(4,5)6/h7-10H,1-6H3,(H,20,22)/b15-9-,17-10-. The SMILES string of the molecule is Cc1cc(C)c(/C=c2\s/c(=C\C(=O)C(C)(C)C)[nH]c2=O)c(C)c1. The lowest BCUT2D eigenvalue weighted by Gasteiger charge is -2.12. The lowest BCUT2D eigenvalue weighted by atomic mass is 9.91. The van der Waals surface area contributed by atoms with Crippen LogP contribution in [0.4, 0.5) is 0 Å². The van der Waals surface area contributed by atoms with Crippen LogP contribution in [0, 0.1) is 26.2 Å². The van der Waals surface area contributed by atoms with Gasteiger partial charge in [0.1, 0.15) is 0 Å². The first-order valence-electron chi connectivity index (χ1n) is 7.63. The summed E-state index contributed by atoms with van der Waals surface area (Å²) in [6.07, 6.45) is 3.44. The van der Waals surface area contributed by atoms with Crippen molar-refractivity contribution in [1.29, 1.82) is 0 Å². The van der Waals surface area contributed by atoms with Crippen molar-refractivity contribution in [2.45, 2.75) is 41.5 Å². The Kier molecular flexibility index (Phi) is 4.76. The van der Waals surface area contributed by atoms with Crippen molar-refractivity contribution in [3.63, 3.8) is 0 Å². The largest absolute Gasteiger partial charge is 0.313 e. The molecular formula is C19H23NO2S. The van der Waals surface area contributed by atoms with Crippen LogP contribution in [-0.4, -0.2) is 10.8 Å². The zero-order valence-electron chi connectivity index (χ0n) is 14.5. The molecule has 0 saturated heterocycles. The summed E-state index contributed by atoms with van der Waals surface area (Å²) in [5, 5.41) is 0. The maximum Gasteiger partial charge on any atom is 0.266 e. The Bertz CT molecular complexity index is 900. The van der Waals surface area contributed by atoms with Crippen molar-refractivity contribution >= 4 is 29.3 Å². The molecule has 23 heavy (non-hydrogen) atoms. The molecule has 122 valence electrons. The smallest absolute Gasteiger partial charge is 0.266 e. The summed E-state index contributed by atoms with van der Waals surface area (Å²) < 4.78 is 1.22. The van der Waals surface area contributed by atoms with Crippen LogP contribution in [0.3, 0.4) is 0 Å². The Labute approximate surface area is 140 Å². The molecular weight excluding hydrogens is 306 g/mol. The van der Waals surface area contributed by atoms with Crippen molar-refractivity contribution in [3.05, 3.63) is 53.9 Å². The van der Waals surface area contributed by atoms with Crippen molar-refractivity contribution in [3.8, 4) is 0 Å². The first kappa shape index (κ1) is 17.4. The van der Waals surface area contributed by atoms with E-state index in [1.165, 1.54) is 23.0 Å². The van der Waals surface area contributed by atoms with Gasteiger partial charge >= 0.3 is 0 Å². The number of aryl methyl sites for hydroxylation is 3. The van der Waals surface area contributed by atoms with Gasteiger partial charge in [-0.05, 0) is 43.5 Å². The minimum atomic E-state index is -0.450. The highest BCUT2D eigenvalue weighted by molar-refractivity contribution is 7.07. The minimum absolute atomic E-state index is 0.00393. The zero-order valence-corrected chi connectivity index (χ0v) is 15.4. The number of aromatic nitrogens is 1. The number of aromatic amines is 1. The van der Waals surface area contributed by atoms with Gasteiger partial charge in [-0.15, -0.1) is 11.3 Å². The Balaban J connectivity index is 2.58. The van der Waals surface area contributed by atoms with Crippen LogP contribution in [0.2, 0.25) is 0 Å². The second-order valence-corrected chi connectivity index (χ2v) is 8.08. The fourth-order valence-corrected chi connectivity index (χ4v) is 3.28. The number of rotatable bonds is 2. The predicted molar refractivity (Wildman–Crippen MR) is 97.3 cm³/mol. The number of H-pyrrole nitrogens is 1. The van der Waals surface area contributed by atoms with E-state index in [1.807, 2.05) is 40.7 Å². The van der Waals surface area contributed by atoms with E-state index in [0.717, 1.165) is 16.7 Å². The third-order valence-electron chi connectivity index (χ3n) is 3.70. The molecule has 0 aliphatic carbocycles. The van der Waals surface area contributed by atoms with E-state index in [2.05, 4.69) is 24.0 Å². The highest BCUT2D eigenvalue weighted by atomic mass is 32.1. The Morgan fingerprint density at radius 1 is 1.13 bits per heavy atom. The van der Waals surface area contributed by atoms with E-state index in [4.69, 9.17) is 0 Å². The van der Waals surface area contributed by atoms with Crippen LogP contribution < -0.4 is 14.8 Å². The quantitative estimate of drug-likeness (QED) is 0.921. The fraction of sp³-hybridized carbons (Fsp3) is 0.368. The van der Waals surface area contributed by atoms with Crippen molar-refractivity contribution in [1.82, 2.24) is 4.98 Å². The Hall–Kier alpha value is -1.94. The number of hydrogen-bond donors (Lipinski definition) is 1. The topological polar surface area (TPSA) is 49.9 Å². The van der Waals surface area contributed by atoms with Gasteiger partial charge in [-0.3, -0.25) is 9.59 Å². The average molecular weight is 329 g/mol. The molecule has 0 aliphatic rings. The molecule has 0 radical (unpaired) electrons. The van der Waals surface area contributed by atoms with Crippen LogP contribution in [0.5, 0.6) is 0 Å². The molecule has 0 bridgehead atoms. The molecule has 1 aromatic heterocycles. The number of thiazole rings is 1. The number of carbonyl (C=O) groups is 1. The maximum absolute atomic E-state index is 12.2. The summed E-state index contributed by atoms with van der Waals surface area (Å²) in [5.74, 6) is 0.00393. The van der Waals surface area contributed by atoms with Crippen LogP contribution >= 0.6 is 11.3 Å². The molecule has 0 atom stereocenters. The maximum atomic E-state index is 12.2. The number of Topliss-reactive ketones (excluding diaryl/α,β-unsaturated/α-hetero) is 1. The average Bonchev–Trinajstić information content (AvgIpc) is 2.72. The third kappa shape index (κ3) is 4.08. The van der Waals surface area contributed by atoms with E-state index in [0.29, 0.717) is 9.20 Å². The predicted octanol–water partition coefficient (Wildman–Crippen LogP) is 2.59. The van der Waals surface area contributed by atoms with E-state index in [1.54, 1.807) is 0 Å². The van der Waals surface area contributed by atoms with Crippen LogP contribution in [-0.2, 0) is 4.79 Å². The highest BCUT2D eigenvalue weighted by Gasteiger charge is 2.18. The van der Waals surface area contributed by atoms with Crippen molar-refractivity contribution in [2.24, 2.45) is 5.41 Å². The van der Waals surface area contributed by atoms with E-state index >= 15 is 0 Å². The summed E-state index contributed by atoms with van der Waals surface area (Å²) in [5.41, 5.74) is 3.97. The Morgan fingerprint density at radius 3 is 2.22 bits per heavy atom. The molecule has 0 aliphatic heterocycles. The van der Waals surface area contributed by atoms with Crippen molar-refractivity contribution in [2.75, 3.05) is 0 Å². The number of ketones is 1. The molecule has 0 unspecified atom stereocenters. The molecule has 4 heteroatoms. The fourth-order valence-electron chi connectivity index (χ4n) is 2.41. The number of carbonyl (C=O) groups excluding carboxylic acids is 1. The van der Waals surface area contributed by atoms with Gasteiger partial charge in [0.05, 0.1) is 9.20 Å². The molecule has 1 N–H and O–H groups in total. The number of benzene rings is 1. The van der Waals surface area contributed by atoms with Gasteiger partial charge < -0.3 is 4.98 Å². The first-order valence-corrected chi connectivity index (χ1v) is 8.44. The second-order valence-electron chi connectivity index (χ2n) is 7.00. The molecule has 0 spiro atoms. The first-order chi connectivity index (χ1) is 10.6. The summed E-state index contributed by atoms with van der Waals surface area (Å²) in [7, 11) is 0. The van der Waals surface area contributed by atoms with Gasteiger partial charge in [-0.25, -0.2) is 0 Å². The normalized spacial score (nSPS) is 13.7. The van der Waals surface area contributed by atoms with Gasteiger partial charge in [-0.1, -0.05) is 38.5 Å².